The van der Waals surface area contributed by atoms with E-state index in [1.165, 1.54) is 0 Å². The van der Waals surface area contributed by atoms with Crippen LogP contribution in [-0.4, -0.2) is 80.6 Å². The van der Waals surface area contributed by atoms with Crippen molar-refractivity contribution >= 4 is 17.6 Å². The van der Waals surface area contributed by atoms with Crippen LogP contribution in [0.5, 0.6) is 0 Å². The summed E-state index contributed by atoms with van der Waals surface area (Å²) in [4.78, 5) is 11.4. The highest BCUT2D eigenvalue weighted by molar-refractivity contribution is 6.31. The minimum Gasteiger partial charge on any atom is -0.355 e. The summed E-state index contributed by atoms with van der Waals surface area (Å²) < 4.78 is 0. The van der Waals surface area contributed by atoms with Gasteiger partial charge in [-0.15, -0.1) is 0 Å². The lowest BCUT2D eigenvalue weighted by Crippen LogP contribution is -2.52. The second kappa shape index (κ2) is 9.25. The van der Waals surface area contributed by atoms with Crippen molar-refractivity contribution in [3.05, 3.63) is 34.9 Å². The molecule has 0 aromatic heterocycles. The van der Waals surface area contributed by atoms with E-state index >= 15 is 0 Å². The molecule has 1 aliphatic heterocycles. The van der Waals surface area contributed by atoms with Crippen molar-refractivity contribution in [1.82, 2.24) is 20.0 Å². The third-order valence-corrected chi connectivity index (χ3v) is 5.02. The van der Waals surface area contributed by atoms with Crippen LogP contribution >= 0.6 is 11.6 Å². The Balaban J connectivity index is 1.84. The fourth-order valence-electron chi connectivity index (χ4n) is 2.97. The zero-order valence-electron chi connectivity index (χ0n) is 15.3. The van der Waals surface area contributed by atoms with Crippen molar-refractivity contribution in [2.45, 2.75) is 19.5 Å². The van der Waals surface area contributed by atoms with E-state index in [2.05, 4.69) is 45.0 Å². The predicted molar refractivity (Wildman–Crippen MR) is 103 cm³/mol. The molecule has 0 bridgehead atoms. The molecule has 6 heteroatoms. The van der Waals surface area contributed by atoms with Gasteiger partial charge >= 0.3 is 0 Å². The number of guanidine groups is 1. The van der Waals surface area contributed by atoms with Gasteiger partial charge in [0, 0.05) is 64.4 Å². The molecule has 1 heterocycles. The molecule has 1 fully saturated rings. The molecule has 1 aromatic rings. The van der Waals surface area contributed by atoms with Crippen LogP contribution in [0.1, 0.15) is 12.5 Å². The molecule has 2 rings (SSSR count). The molecule has 1 N–H and O–H groups in total. The largest absolute Gasteiger partial charge is 0.355 e. The molecule has 0 aliphatic carbocycles. The molecule has 134 valence electrons. The summed E-state index contributed by atoms with van der Waals surface area (Å²) >= 11 is 6.26. The van der Waals surface area contributed by atoms with Crippen molar-refractivity contribution in [3.8, 4) is 0 Å². The quantitative estimate of drug-likeness (QED) is 0.650. The first-order chi connectivity index (χ1) is 11.5. The Kier molecular flexibility index (Phi) is 7.34. The SMILES string of the molecule is CN=C(NCC(C)N1CCN(C)CC1)N(C)Cc1ccccc1Cl. The third-order valence-electron chi connectivity index (χ3n) is 4.66. The standard InChI is InChI=1S/C18H30ClN5/c1-15(24-11-9-22(3)10-12-24)13-21-18(20-2)23(4)14-16-7-5-6-8-17(16)19/h5-8,15H,9-14H2,1-4H3,(H,20,21). The number of halogens is 1. The Hall–Kier alpha value is -1.30. The first-order valence-electron chi connectivity index (χ1n) is 8.59. The monoisotopic (exact) mass is 351 g/mol. The Bertz CT molecular complexity index is 540. The molecular formula is C18H30ClN5. The van der Waals surface area contributed by atoms with Gasteiger partial charge in [-0.2, -0.15) is 0 Å². The Morgan fingerprint density at radius 2 is 1.96 bits per heavy atom. The highest BCUT2D eigenvalue weighted by Crippen LogP contribution is 2.16. The molecule has 24 heavy (non-hydrogen) atoms. The van der Waals surface area contributed by atoms with Crippen molar-refractivity contribution in [2.24, 2.45) is 4.99 Å². The third kappa shape index (κ3) is 5.36. The number of hydrogen-bond acceptors (Lipinski definition) is 3. The first kappa shape index (κ1) is 19.0. The average molecular weight is 352 g/mol. The van der Waals surface area contributed by atoms with Gasteiger partial charge in [0.05, 0.1) is 0 Å². The summed E-state index contributed by atoms with van der Waals surface area (Å²) in [5, 5.41) is 4.29. The lowest BCUT2D eigenvalue weighted by molar-refractivity contribution is 0.119. The minimum atomic E-state index is 0.490. The first-order valence-corrected chi connectivity index (χ1v) is 8.97. The number of nitrogens with one attached hydrogen (secondary N) is 1. The number of piperazine rings is 1. The maximum Gasteiger partial charge on any atom is 0.193 e. The van der Waals surface area contributed by atoms with Crippen LogP contribution in [-0.2, 0) is 6.54 Å². The van der Waals surface area contributed by atoms with Crippen molar-refractivity contribution in [2.75, 3.05) is 53.9 Å². The number of nitrogens with zero attached hydrogens (tertiary/aromatic N) is 4. The molecule has 1 saturated heterocycles. The summed E-state index contributed by atoms with van der Waals surface area (Å²) in [7, 11) is 6.05. The molecule has 1 aromatic carbocycles. The van der Waals surface area contributed by atoms with Crippen LogP contribution in [0.25, 0.3) is 0 Å². The highest BCUT2D eigenvalue weighted by atomic mass is 35.5. The van der Waals surface area contributed by atoms with Crippen LogP contribution < -0.4 is 5.32 Å². The maximum absolute atomic E-state index is 6.26. The van der Waals surface area contributed by atoms with E-state index in [0.29, 0.717) is 6.04 Å². The van der Waals surface area contributed by atoms with Gasteiger partial charge in [0.15, 0.2) is 5.96 Å². The van der Waals surface area contributed by atoms with Gasteiger partial charge in [-0.3, -0.25) is 9.89 Å². The fraction of sp³-hybridized carbons (Fsp3) is 0.611. The molecule has 1 unspecified atom stereocenters. The fourth-order valence-corrected chi connectivity index (χ4v) is 3.17. The van der Waals surface area contributed by atoms with Crippen LogP contribution in [0.4, 0.5) is 0 Å². The van der Waals surface area contributed by atoms with Crippen molar-refractivity contribution in [3.63, 3.8) is 0 Å². The van der Waals surface area contributed by atoms with Gasteiger partial charge in [-0.25, -0.2) is 0 Å². The van der Waals surface area contributed by atoms with E-state index in [0.717, 1.165) is 55.8 Å². The highest BCUT2D eigenvalue weighted by Gasteiger charge is 2.19. The lowest BCUT2D eigenvalue weighted by Gasteiger charge is -2.37. The average Bonchev–Trinajstić information content (AvgIpc) is 2.58. The second-order valence-corrected chi connectivity index (χ2v) is 6.97. The van der Waals surface area contributed by atoms with E-state index in [-0.39, 0.29) is 0 Å². The van der Waals surface area contributed by atoms with E-state index in [4.69, 9.17) is 11.6 Å². The van der Waals surface area contributed by atoms with Crippen molar-refractivity contribution < 1.29 is 0 Å². The molecule has 5 nitrogen and oxygen atoms in total. The number of likely N-dealkylation sites (N-methyl/N-ethyl adjacent to an activating group) is 1. The predicted octanol–water partition coefficient (Wildman–Crippen LogP) is 1.98. The summed E-state index contributed by atoms with van der Waals surface area (Å²) in [6.45, 7) is 8.46. The van der Waals surface area contributed by atoms with E-state index < -0.39 is 0 Å². The van der Waals surface area contributed by atoms with E-state index in [1.807, 2.05) is 32.3 Å². The topological polar surface area (TPSA) is 34.1 Å². The number of hydrogen-bond donors (Lipinski definition) is 1. The second-order valence-electron chi connectivity index (χ2n) is 6.56. The van der Waals surface area contributed by atoms with Crippen LogP contribution in [0.2, 0.25) is 5.02 Å². The summed E-state index contributed by atoms with van der Waals surface area (Å²) in [5.74, 6) is 0.899. The van der Waals surface area contributed by atoms with E-state index in [9.17, 15) is 0 Å². The molecule has 0 saturated carbocycles. The molecule has 0 amide bonds. The molecule has 1 aliphatic rings. The zero-order chi connectivity index (χ0) is 17.5. The van der Waals surface area contributed by atoms with Crippen LogP contribution in [0.3, 0.4) is 0 Å². The normalized spacial score (nSPS) is 18.5. The van der Waals surface area contributed by atoms with Gasteiger partial charge in [-0.05, 0) is 25.6 Å². The molecule has 0 radical (unpaired) electrons. The molecule has 0 spiro atoms. The van der Waals surface area contributed by atoms with Crippen LogP contribution in [0.15, 0.2) is 29.3 Å². The van der Waals surface area contributed by atoms with Gasteiger partial charge in [-0.1, -0.05) is 29.8 Å². The Labute approximate surface area is 151 Å². The Morgan fingerprint density at radius 3 is 2.58 bits per heavy atom. The van der Waals surface area contributed by atoms with E-state index in [1.54, 1.807) is 0 Å². The maximum atomic E-state index is 6.26. The number of rotatable bonds is 5. The smallest absolute Gasteiger partial charge is 0.193 e. The van der Waals surface area contributed by atoms with Crippen LogP contribution in [0, 0.1) is 0 Å². The van der Waals surface area contributed by atoms with Gasteiger partial charge in [0.25, 0.3) is 0 Å². The number of aliphatic imine (C=N–C) groups is 1. The minimum absolute atomic E-state index is 0.490. The zero-order valence-corrected chi connectivity index (χ0v) is 16.1. The van der Waals surface area contributed by atoms with Gasteiger partial charge in [0.2, 0.25) is 0 Å². The molecular weight excluding hydrogens is 322 g/mol. The Morgan fingerprint density at radius 1 is 1.29 bits per heavy atom. The molecule has 1 atom stereocenters. The van der Waals surface area contributed by atoms with Gasteiger partial charge < -0.3 is 15.1 Å². The summed E-state index contributed by atoms with van der Waals surface area (Å²) in [5.41, 5.74) is 1.11. The lowest BCUT2D eigenvalue weighted by atomic mass is 10.2. The summed E-state index contributed by atoms with van der Waals surface area (Å²) in [6.07, 6.45) is 0. The van der Waals surface area contributed by atoms with Gasteiger partial charge in [0.1, 0.15) is 0 Å². The summed E-state index contributed by atoms with van der Waals surface area (Å²) in [6, 6.07) is 8.44. The number of benzene rings is 1. The van der Waals surface area contributed by atoms with Crippen molar-refractivity contribution in [1.29, 1.82) is 0 Å².